The highest BCUT2D eigenvalue weighted by Crippen LogP contribution is 2.22. The van der Waals surface area contributed by atoms with Crippen molar-refractivity contribution >= 4 is 21.8 Å². The minimum atomic E-state index is -0.0568. The van der Waals surface area contributed by atoms with Crippen LogP contribution in [0.1, 0.15) is 21.5 Å². The molecule has 3 heteroatoms. The summed E-state index contributed by atoms with van der Waals surface area (Å²) in [6.07, 6.45) is 0. The fourth-order valence-corrected chi connectivity index (χ4v) is 1.66. The number of benzene rings is 1. The van der Waals surface area contributed by atoms with Crippen molar-refractivity contribution in [3.05, 3.63) is 33.3 Å². The van der Waals surface area contributed by atoms with E-state index in [0.717, 1.165) is 15.6 Å². The second-order valence-corrected chi connectivity index (χ2v) is 3.82. The van der Waals surface area contributed by atoms with Crippen LogP contribution in [0.25, 0.3) is 0 Å². The summed E-state index contributed by atoms with van der Waals surface area (Å²) in [6, 6.07) is 3.91. The molecule has 0 saturated heterocycles. The standard InChI is InChI=1S/C10H12BrNO/c1-6-4-7(2)9(11)8(5-6)10(13)12-3/h4-5H,1-3H3,(H,12,13). The lowest BCUT2D eigenvalue weighted by atomic mass is 10.1. The Bertz CT molecular complexity index is 347. The van der Waals surface area contributed by atoms with Crippen LogP contribution in [0.3, 0.4) is 0 Å². The van der Waals surface area contributed by atoms with Gasteiger partial charge in [-0.1, -0.05) is 6.07 Å². The predicted octanol–water partition coefficient (Wildman–Crippen LogP) is 2.43. The lowest BCUT2D eigenvalue weighted by Gasteiger charge is -2.07. The summed E-state index contributed by atoms with van der Waals surface area (Å²) in [5.41, 5.74) is 2.87. The molecule has 2 nitrogen and oxygen atoms in total. The number of aryl methyl sites for hydroxylation is 2. The van der Waals surface area contributed by atoms with E-state index in [1.807, 2.05) is 26.0 Å². The van der Waals surface area contributed by atoms with Gasteiger partial charge in [0.15, 0.2) is 0 Å². The molecule has 0 atom stereocenters. The molecule has 1 N–H and O–H groups in total. The number of carbonyl (C=O) groups excluding carboxylic acids is 1. The smallest absolute Gasteiger partial charge is 0.252 e. The van der Waals surface area contributed by atoms with Gasteiger partial charge in [-0.3, -0.25) is 4.79 Å². The Morgan fingerprint density at radius 3 is 2.54 bits per heavy atom. The fraction of sp³-hybridized carbons (Fsp3) is 0.300. The topological polar surface area (TPSA) is 29.1 Å². The van der Waals surface area contributed by atoms with Crippen molar-refractivity contribution in [1.82, 2.24) is 5.32 Å². The summed E-state index contributed by atoms with van der Waals surface area (Å²) >= 11 is 3.39. The van der Waals surface area contributed by atoms with E-state index in [1.165, 1.54) is 0 Å². The highest BCUT2D eigenvalue weighted by molar-refractivity contribution is 9.10. The van der Waals surface area contributed by atoms with Gasteiger partial charge < -0.3 is 5.32 Å². The Balaban J connectivity index is 3.28. The molecule has 0 heterocycles. The normalized spacial score (nSPS) is 9.85. The third kappa shape index (κ3) is 2.10. The van der Waals surface area contributed by atoms with Crippen LogP contribution in [0.4, 0.5) is 0 Å². The third-order valence-corrected chi connectivity index (χ3v) is 2.92. The lowest BCUT2D eigenvalue weighted by molar-refractivity contribution is 0.0962. The maximum absolute atomic E-state index is 11.4. The van der Waals surface area contributed by atoms with Gasteiger partial charge in [0, 0.05) is 11.5 Å². The first kappa shape index (κ1) is 10.3. The largest absolute Gasteiger partial charge is 0.355 e. The summed E-state index contributed by atoms with van der Waals surface area (Å²) < 4.78 is 0.873. The van der Waals surface area contributed by atoms with Gasteiger partial charge in [0.2, 0.25) is 0 Å². The second kappa shape index (κ2) is 3.92. The molecule has 0 fully saturated rings. The Labute approximate surface area is 86.5 Å². The first-order valence-corrected chi connectivity index (χ1v) is 4.84. The molecule has 13 heavy (non-hydrogen) atoms. The van der Waals surface area contributed by atoms with E-state index in [-0.39, 0.29) is 5.91 Å². The van der Waals surface area contributed by atoms with Gasteiger partial charge >= 0.3 is 0 Å². The molecular weight excluding hydrogens is 230 g/mol. The van der Waals surface area contributed by atoms with Crippen molar-refractivity contribution < 1.29 is 4.79 Å². The van der Waals surface area contributed by atoms with Gasteiger partial charge in [0.1, 0.15) is 0 Å². The van der Waals surface area contributed by atoms with Crippen LogP contribution < -0.4 is 5.32 Å². The van der Waals surface area contributed by atoms with Crippen LogP contribution in [0, 0.1) is 13.8 Å². The number of hydrogen-bond donors (Lipinski definition) is 1. The van der Waals surface area contributed by atoms with Gasteiger partial charge in [-0.2, -0.15) is 0 Å². The van der Waals surface area contributed by atoms with Crippen molar-refractivity contribution in [2.24, 2.45) is 0 Å². The second-order valence-electron chi connectivity index (χ2n) is 3.02. The number of amides is 1. The number of nitrogens with one attached hydrogen (secondary N) is 1. The van der Waals surface area contributed by atoms with E-state index >= 15 is 0 Å². The third-order valence-electron chi connectivity index (χ3n) is 1.87. The summed E-state index contributed by atoms with van der Waals surface area (Å²) in [5.74, 6) is -0.0568. The molecule has 0 saturated carbocycles. The summed E-state index contributed by atoms with van der Waals surface area (Å²) in [7, 11) is 1.63. The van der Waals surface area contributed by atoms with Crippen LogP contribution in [0.2, 0.25) is 0 Å². The van der Waals surface area contributed by atoms with Crippen LogP contribution in [0.5, 0.6) is 0 Å². The average molecular weight is 242 g/mol. The summed E-state index contributed by atoms with van der Waals surface area (Å²) in [4.78, 5) is 11.4. The molecule has 1 rings (SSSR count). The van der Waals surface area contributed by atoms with Crippen molar-refractivity contribution in [1.29, 1.82) is 0 Å². The van der Waals surface area contributed by atoms with Gasteiger partial charge in [0.25, 0.3) is 5.91 Å². The zero-order valence-corrected chi connectivity index (χ0v) is 9.53. The molecule has 0 unspecified atom stereocenters. The molecule has 0 aliphatic heterocycles. The van der Waals surface area contributed by atoms with E-state index in [1.54, 1.807) is 7.05 Å². The highest BCUT2D eigenvalue weighted by atomic mass is 79.9. The SMILES string of the molecule is CNC(=O)c1cc(C)cc(C)c1Br. The Kier molecular flexibility index (Phi) is 3.09. The number of halogens is 1. The van der Waals surface area contributed by atoms with Crippen molar-refractivity contribution in [2.75, 3.05) is 7.05 Å². The zero-order valence-electron chi connectivity index (χ0n) is 7.94. The van der Waals surface area contributed by atoms with E-state index in [0.29, 0.717) is 5.56 Å². The van der Waals surface area contributed by atoms with Gasteiger partial charge in [-0.05, 0) is 47.0 Å². The molecule has 0 aromatic heterocycles. The molecule has 1 amide bonds. The van der Waals surface area contributed by atoms with E-state index in [2.05, 4.69) is 21.2 Å². The molecule has 70 valence electrons. The van der Waals surface area contributed by atoms with E-state index in [9.17, 15) is 4.79 Å². The molecule has 0 bridgehead atoms. The van der Waals surface area contributed by atoms with Crippen LogP contribution in [-0.2, 0) is 0 Å². The van der Waals surface area contributed by atoms with Crippen molar-refractivity contribution in [3.8, 4) is 0 Å². The predicted molar refractivity (Wildman–Crippen MR) is 57.0 cm³/mol. The number of hydrogen-bond acceptors (Lipinski definition) is 1. The molecular formula is C10H12BrNO. The molecule has 1 aromatic carbocycles. The lowest BCUT2D eigenvalue weighted by Crippen LogP contribution is -2.18. The first-order chi connectivity index (χ1) is 6.06. The molecule has 0 spiro atoms. The van der Waals surface area contributed by atoms with Gasteiger partial charge in [-0.25, -0.2) is 0 Å². The zero-order chi connectivity index (χ0) is 10.0. The van der Waals surface area contributed by atoms with Crippen LogP contribution >= 0.6 is 15.9 Å². The number of carbonyl (C=O) groups is 1. The maximum atomic E-state index is 11.4. The van der Waals surface area contributed by atoms with Crippen molar-refractivity contribution in [3.63, 3.8) is 0 Å². The maximum Gasteiger partial charge on any atom is 0.252 e. The summed E-state index contributed by atoms with van der Waals surface area (Å²) in [5, 5.41) is 2.61. The minimum absolute atomic E-state index is 0.0568. The monoisotopic (exact) mass is 241 g/mol. The Morgan fingerprint density at radius 1 is 1.38 bits per heavy atom. The quantitative estimate of drug-likeness (QED) is 0.805. The minimum Gasteiger partial charge on any atom is -0.355 e. The average Bonchev–Trinajstić information content (AvgIpc) is 2.10. The van der Waals surface area contributed by atoms with Crippen LogP contribution in [0.15, 0.2) is 16.6 Å². The number of rotatable bonds is 1. The molecule has 1 aromatic rings. The van der Waals surface area contributed by atoms with Crippen LogP contribution in [-0.4, -0.2) is 13.0 Å². The van der Waals surface area contributed by atoms with E-state index in [4.69, 9.17) is 0 Å². The Hall–Kier alpha value is -0.830. The van der Waals surface area contributed by atoms with Crippen molar-refractivity contribution in [2.45, 2.75) is 13.8 Å². The molecule has 0 radical (unpaired) electrons. The molecule has 0 aliphatic rings. The van der Waals surface area contributed by atoms with Gasteiger partial charge in [-0.15, -0.1) is 0 Å². The highest BCUT2D eigenvalue weighted by Gasteiger charge is 2.10. The molecule has 0 aliphatic carbocycles. The van der Waals surface area contributed by atoms with E-state index < -0.39 is 0 Å². The Morgan fingerprint density at radius 2 is 2.00 bits per heavy atom. The fourth-order valence-electron chi connectivity index (χ4n) is 1.25. The van der Waals surface area contributed by atoms with Gasteiger partial charge in [0.05, 0.1) is 5.56 Å². The first-order valence-electron chi connectivity index (χ1n) is 4.05. The summed E-state index contributed by atoms with van der Waals surface area (Å²) in [6.45, 7) is 3.95.